The van der Waals surface area contributed by atoms with E-state index in [1.807, 2.05) is 13.8 Å². The Hall–Kier alpha value is -3.99. The summed E-state index contributed by atoms with van der Waals surface area (Å²) in [6.07, 6.45) is 1.24. The molecule has 0 radical (unpaired) electrons. The molecule has 182 valence electrons. The normalized spacial score (nSPS) is 11.5. The van der Waals surface area contributed by atoms with Crippen molar-refractivity contribution in [2.24, 2.45) is 0 Å². The van der Waals surface area contributed by atoms with Crippen LogP contribution in [0.2, 0.25) is 0 Å². The summed E-state index contributed by atoms with van der Waals surface area (Å²) < 4.78 is 52.3. The summed E-state index contributed by atoms with van der Waals surface area (Å²) in [5.74, 6) is 0.523. The molecule has 2 heterocycles. The first-order valence-corrected chi connectivity index (χ1v) is 12.2. The molecule has 2 aromatic heterocycles. The number of anilines is 3. The minimum absolute atomic E-state index is 0.0571. The molecule has 2 aromatic carbocycles. The monoisotopic (exact) mass is 497 g/mol. The predicted molar refractivity (Wildman–Crippen MR) is 130 cm³/mol. The molecule has 0 fully saturated rings. The Morgan fingerprint density at radius 2 is 1.77 bits per heavy atom. The predicted octanol–water partition coefficient (Wildman–Crippen LogP) is 5.22. The lowest BCUT2D eigenvalue weighted by Crippen LogP contribution is -2.13. The van der Waals surface area contributed by atoms with Crippen LogP contribution in [0.3, 0.4) is 0 Å². The maximum absolute atomic E-state index is 13.8. The number of benzene rings is 2. The summed E-state index contributed by atoms with van der Waals surface area (Å²) in [5.41, 5.74) is 3.00. The maximum Gasteiger partial charge on any atom is 0.264 e. The van der Waals surface area contributed by atoms with Gasteiger partial charge in [0.25, 0.3) is 10.0 Å². The molecule has 0 aliphatic heterocycles. The minimum Gasteiger partial charge on any atom is -0.490 e. The maximum atomic E-state index is 13.8. The first-order chi connectivity index (χ1) is 16.6. The molecule has 0 amide bonds. The highest BCUT2D eigenvalue weighted by Crippen LogP contribution is 2.31. The lowest BCUT2D eigenvalue weighted by atomic mass is 10.1. The summed E-state index contributed by atoms with van der Waals surface area (Å²) in [4.78, 5) is 8.57. The van der Waals surface area contributed by atoms with E-state index >= 15 is 0 Å². The highest BCUT2D eigenvalue weighted by molar-refractivity contribution is 7.92. The summed E-state index contributed by atoms with van der Waals surface area (Å²) in [6, 6.07) is 12.1. The molecule has 0 saturated carbocycles. The molecule has 0 aliphatic carbocycles. The van der Waals surface area contributed by atoms with Gasteiger partial charge in [-0.1, -0.05) is 5.16 Å². The quantitative estimate of drug-likeness (QED) is 0.340. The molecule has 4 aromatic rings. The third kappa shape index (κ3) is 5.57. The van der Waals surface area contributed by atoms with Crippen molar-refractivity contribution in [2.75, 3.05) is 10.0 Å². The fourth-order valence-corrected chi connectivity index (χ4v) is 4.24. The Balaban J connectivity index is 1.53. The molecule has 0 aliphatic rings. The first-order valence-electron chi connectivity index (χ1n) is 10.7. The molecule has 35 heavy (non-hydrogen) atoms. The SMILES string of the molecule is Cc1noc(NS(=O)(=O)c2ccc(Nc3cc(-c4ccc(F)cc4OC(C)C)ncn3)cc2)c1C. The lowest BCUT2D eigenvalue weighted by Gasteiger charge is -2.14. The van der Waals surface area contributed by atoms with Gasteiger partial charge in [0.05, 0.1) is 22.4 Å². The van der Waals surface area contributed by atoms with Crippen molar-refractivity contribution in [1.82, 2.24) is 15.1 Å². The zero-order valence-electron chi connectivity index (χ0n) is 19.5. The molecule has 0 spiro atoms. The number of ether oxygens (including phenoxy) is 1. The summed E-state index contributed by atoms with van der Waals surface area (Å²) in [7, 11) is -3.85. The van der Waals surface area contributed by atoms with E-state index in [4.69, 9.17) is 9.26 Å². The number of nitrogens with zero attached hydrogens (tertiary/aromatic N) is 3. The number of aromatic nitrogens is 3. The molecule has 4 rings (SSSR count). The third-order valence-corrected chi connectivity index (χ3v) is 6.42. The fraction of sp³-hybridized carbons (Fsp3) is 0.208. The van der Waals surface area contributed by atoms with Crippen LogP contribution in [0.25, 0.3) is 11.3 Å². The highest BCUT2D eigenvalue weighted by atomic mass is 32.2. The van der Waals surface area contributed by atoms with E-state index in [-0.39, 0.29) is 16.9 Å². The van der Waals surface area contributed by atoms with Crippen LogP contribution < -0.4 is 14.8 Å². The number of halogens is 1. The topological polar surface area (TPSA) is 119 Å². The zero-order valence-corrected chi connectivity index (χ0v) is 20.4. The molecule has 2 N–H and O–H groups in total. The van der Waals surface area contributed by atoms with Crippen LogP contribution in [0.15, 0.2) is 64.3 Å². The second-order valence-electron chi connectivity index (χ2n) is 8.07. The van der Waals surface area contributed by atoms with Crippen LogP contribution >= 0.6 is 0 Å². The van der Waals surface area contributed by atoms with Crippen molar-refractivity contribution in [3.05, 3.63) is 71.9 Å². The minimum atomic E-state index is -3.85. The van der Waals surface area contributed by atoms with E-state index in [1.165, 1.54) is 30.6 Å². The average molecular weight is 498 g/mol. The summed E-state index contributed by atoms with van der Waals surface area (Å²) in [6.45, 7) is 7.16. The summed E-state index contributed by atoms with van der Waals surface area (Å²) >= 11 is 0. The fourth-order valence-electron chi connectivity index (χ4n) is 3.19. The van der Waals surface area contributed by atoms with Gasteiger partial charge in [0.2, 0.25) is 5.88 Å². The van der Waals surface area contributed by atoms with E-state index in [2.05, 4.69) is 25.2 Å². The van der Waals surface area contributed by atoms with Gasteiger partial charge >= 0.3 is 0 Å². The van der Waals surface area contributed by atoms with Gasteiger partial charge in [0, 0.05) is 28.9 Å². The van der Waals surface area contributed by atoms with Gasteiger partial charge in [0.15, 0.2) is 0 Å². The van der Waals surface area contributed by atoms with Crippen LogP contribution in [-0.4, -0.2) is 29.6 Å². The Morgan fingerprint density at radius 1 is 1.03 bits per heavy atom. The number of sulfonamides is 1. The van der Waals surface area contributed by atoms with Gasteiger partial charge in [-0.05, 0) is 64.1 Å². The largest absolute Gasteiger partial charge is 0.490 e. The molecule has 0 unspecified atom stereocenters. The average Bonchev–Trinajstić information content (AvgIpc) is 3.11. The van der Waals surface area contributed by atoms with Gasteiger partial charge < -0.3 is 14.6 Å². The van der Waals surface area contributed by atoms with E-state index in [1.54, 1.807) is 38.1 Å². The highest BCUT2D eigenvalue weighted by Gasteiger charge is 2.19. The number of hydrogen-bond acceptors (Lipinski definition) is 8. The van der Waals surface area contributed by atoms with Crippen molar-refractivity contribution in [1.29, 1.82) is 0 Å². The molecule has 9 nitrogen and oxygen atoms in total. The number of nitrogens with one attached hydrogen (secondary N) is 2. The Kier molecular flexibility index (Phi) is 6.70. The van der Waals surface area contributed by atoms with Crippen LogP contribution in [0.4, 0.5) is 21.8 Å². The van der Waals surface area contributed by atoms with Gasteiger partial charge in [-0.3, -0.25) is 0 Å². The van der Waals surface area contributed by atoms with Crippen LogP contribution in [0.5, 0.6) is 5.75 Å². The van der Waals surface area contributed by atoms with E-state index in [0.29, 0.717) is 39.8 Å². The summed E-state index contributed by atoms with van der Waals surface area (Å²) in [5, 5.41) is 6.87. The van der Waals surface area contributed by atoms with Gasteiger partial charge in [0.1, 0.15) is 23.7 Å². The van der Waals surface area contributed by atoms with Crippen LogP contribution in [0.1, 0.15) is 25.1 Å². The van der Waals surface area contributed by atoms with E-state index < -0.39 is 15.8 Å². The van der Waals surface area contributed by atoms with E-state index in [0.717, 1.165) is 0 Å². The first kappa shape index (κ1) is 24.1. The molecule has 11 heteroatoms. The second kappa shape index (κ2) is 9.71. The lowest BCUT2D eigenvalue weighted by molar-refractivity contribution is 0.242. The van der Waals surface area contributed by atoms with Gasteiger partial charge in [-0.2, -0.15) is 0 Å². The Bertz CT molecular complexity index is 1450. The van der Waals surface area contributed by atoms with Crippen molar-refractivity contribution >= 4 is 27.4 Å². The molecular weight excluding hydrogens is 473 g/mol. The van der Waals surface area contributed by atoms with Crippen molar-refractivity contribution in [3.63, 3.8) is 0 Å². The van der Waals surface area contributed by atoms with Crippen molar-refractivity contribution in [3.8, 4) is 17.0 Å². The van der Waals surface area contributed by atoms with Crippen LogP contribution in [-0.2, 0) is 10.0 Å². The third-order valence-electron chi connectivity index (χ3n) is 5.07. The van der Waals surface area contributed by atoms with Crippen molar-refractivity contribution in [2.45, 2.75) is 38.7 Å². The Labute approximate surface area is 202 Å². The molecule has 0 atom stereocenters. The standard InChI is InChI=1S/C24H24FN5O4S/c1-14(2)33-22-11-17(25)5-10-20(22)21-12-23(27-13-26-21)28-18-6-8-19(9-7-18)35(31,32)30-24-15(3)16(4)29-34-24/h5-14,30H,1-4H3,(H,26,27,28). The van der Waals surface area contributed by atoms with Gasteiger partial charge in [-0.25, -0.2) is 27.5 Å². The Morgan fingerprint density at radius 3 is 2.43 bits per heavy atom. The van der Waals surface area contributed by atoms with Gasteiger partial charge in [-0.15, -0.1) is 0 Å². The number of aryl methyl sites for hydroxylation is 1. The van der Waals surface area contributed by atoms with E-state index in [9.17, 15) is 12.8 Å². The molecule has 0 bridgehead atoms. The molecule has 0 saturated heterocycles. The zero-order chi connectivity index (χ0) is 25.2. The smallest absolute Gasteiger partial charge is 0.264 e. The molecular formula is C24H24FN5O4S. The number of hydrogen-bond donors (Lipinski definition) is 2. The van der Waals surface area contributed by atoms with Crippen LogP contribution in [0, 0.1) is 19.7 Å². The second-order valence-corrected chi connectivity index (χ2v) is 9.75. The van der Waals surface area contributed by atoms with Crippen molar-refractivity contribution < 1.29 is 22.1 Å². The number of rotatable bonds is 8.